The molecule has 0 aliphatic carbocycles. The van der Waals surface area contributed by atoms with Crippen molar-refractivity contribution in [1.29, 1.82) is 0 Å². The predicted octanol–water partition coefficient (Wildman–Crippen LogP) is 3.23. The van der Waals surface area contributed by atoms with Crippen LogP contribution in [0.2, 0.25) is 0 Å². The van der Waals surface area contributed by atoms with Crippen LogP contribution in [0.25, 0.3) is 0 Å². The van der Waals surface area contributed by atoms with Crippen LogP contribution in [-0.4, -0.2) is 15.0 Å². The molecule has 0 amide bonds. The topological polar surface area (TPSA) is 30.7 Å². The van der Waals surface area contributed by atoms with Crippen LogP contribution in [0.3, 0.4) is 0 Å². The standard InChI is InChI=1S/C13H25N3/c1-6-8-12-11(10-13(3,4)5)14-15-16(12)9-7-2/h6-10H2,1-5H3. The molecule has 3 nitrogen and oxygen atoms in total. The number of aromatic nitrogens is 3. The third-order valence-electron chi connectivity index (χ3n) is 2.54. The Morgan fingerprint density at radius 2 is 1.81 bits per heavy atom. The van der Waals surface area contributed by atoms with E-state index in [0.717, 1.165) is 32.2 Å². The summed E-state index contributed by atoms with van der Waals surface area (Å²) in [6.07, 6.45) is 4.40. The van der Waals surface area contributed by atoms with Gasteiger partial charge in [-0.1, -0.05) is 46.3 Å². The normalized spacial score (nSPS) is 12.1. The van der Waals surface area contributed by atoms with Gasteiger partial charge in [0.05, 0.1) is 11.4 Å². The van der Waals surface area contributed by atoms with Gasteiger partial charge < -0.3 is 0 Å². The highest BCUT2D eigenvalue weighted by molar-refractivity contribution is 5.12. The molecule has 0 aliphatic heterocycles. The minimum absolute atomic E-state index is 0.287. The highest BCUT2D eigenvalue weighted by Crippen LogP contribution is 2.22. The zero-order valence-electron chi connectivity index (χ0n) is 11.4. The summed E-state index contributed by atoms with van der Waals surface area (Å²) in [6, 6.07) is 0. The molecule has 1 aromatic rings. The predicted molar refractivity (Wildman–Crippen MR) is 67.5 cm³/mol. The second-order valence-electron chi connectivity index (χ2n) is 5.69. The van der Waals surface area contributed by atoms with E-state index in [4.69, 9.17) is 0 Å². The Hall–Kier alpha value is -0.860. The summed E-state index contributed by atoms with van der Waals surface area (Å²) < 4.78 is 2.09. The molecule has 0 saturated carbocycles. The lowest BCUT2D eigenvalue weighted by Gasteiger charge is -2.17. The fraction of sp³-hybridized carbons (Fsp3) is 0.846. The van der Waals surface area contributed by atoms with Gasteiger partial charge in [-0.2, -0.15) is 0 Å². The van der Waals surface area contributed by atoms with E-state index in [1.54, 1.807) is 0 Å². The lowest BCUT2D eigenvalue weighted by atomic mass is 9.89. The molecular formula is C13H25N3. The molecule has 0 atom stereocenters. The van der Waals surface area contributed by atoms with Crippen molar-refractivity contribution in [2.45, 2.75) is 66.8 Å². The Morgan fingerprint density at radius 1 is 1.12 bits per heavy atom. The average molecular weight is 223 g/mol. The fourth-order valence-electron chi connectivity index (χ4n) is 1.91. The Bertz CT molecular complexity index is 320. The van der Waals surface area contributed by atoms with Gasteiger partial charge in [0.2, 0.25) is 0 Å². The smallest absolute Gasteiger partial charge is 0.0864 e. The summed E-state index contributed by atoms with van der Waals surface area (Å²) in [5, 5.41) is 8.63. The van der Waals surface area contributed by atoms with Crippen LogP contribution in [0.15, 0.2) is 0 Å². The van der Waals surface area contributed by atoms with Crippen LogP contribution in [0.1, 0.15) is 58.8 Å². The number of hydrogen-bond donors (Lipinski definition) is 0. The first-order valence-electron chi connectivity index (χ1n) is 6.39. The Kier molecular flexibility index (Phi) is 4.51. The second-order valence-corrected chi connectivity index (χ2v) is 5.69. The van der Waals surface area contributed by atoms with Gasteiger partial charge in [-0.25, -0.2) is 4.68 Å². The van der Waals surface area contributed by atoms with E-state index < -0.39 is 0 Å². The summed E-state index contributed by atoms with van der Waals surface area (Å²) in [4.78, 5) is 0. The second kappa shape index (κ2) is 5.46. The van der Waals surface area contributed by atoms with Crippen molar-refractivity contribution in [3.63, 3.8) is 0 Å². The van der Waals surface area contributed by atoms with Gasteiger partial charge in [0.25, 0.3) is 0 Å². The van der Waals surface area contributed by atoms with Crippen molar-refractivity contribution in [1.82, 2.24) is 15.0 Å². The lowest BCUT2D eigenvalue weighted by Crippen LogP contribution is -2.12. The number of aryl methyl sites for hydroxylation is 1. The lowest BCUT2D eigenvalue weighted by molar-refractivity contribution is 0.404. The maximum atomic E-state index is 4.35. The van der Waals surface area contributed by atoms with Gasteiger partial charge in [0.1, 0.15) is 0 Å². The zero-order chi connectivity index (χ0) is 12.2. The molecule has 16 heavy (non-hydrogen) atoms. The maximum absolute atomic E-state index is 4.35. The van der Waals surface area contributed by atoms with Gasteiger partial charge in [-0.3, -0.25) is 0 Å². The molecule has 0 aromatic carbocycles. The van der Waals surface area contributed by atoms with Gasteiger partial charge in [-0.15, -0.1) is 5.10 Å². The van der Waals surface area contributed by atoms with E-state index in [0.29, 0.717) is 0 Å². The van der Waals surface area contributed by atoms with Crippen LogP contribution in [0.5, 0.6) is 0 Å². The molecule has 0 aliphatic rings. The summed E-state index contributed by atoms with van der Waals surface area (Å²) in [7, 11) is 0. The van der Waals surface area contributed by atoms with E-state index in [-0.39, 0.29) is 5.41 Å². The first-order valence-corrected chi connectivity index (χ1v) is 6.39. The molecule has 1 rings (SSSR count). The van der Waals surface area contributed by atoms with Crippen LogP contribution >= 0.6 is 0 Å². The monoisotopic (exact) mass is 223 g/mol. The van der Waals surface area contributed by atoms with Gasteiger partial charge in [0.15, 0.2) is 0 Å². The minimum atomic E-state index is 0.287. The first-order chi connectivity index (χ1) is 7.48. The number of hydrogen-bond acceptors (Lipinski definition) is 2. The molecule has 0 N–H and O–H groups in total. The molecule has 0 bridgehead atoms. The highest BCUT2D eigenvalue weighted by Gasteiger charge is 2.18. The third-order valence-corrected chi connectivity index (χ3v) is 2.54. The fourth-order valence-corrected chi connectivity index (χ4v) is 1.91. The van der Waals surface area contributed by atoms with Crippen LogP contribution < -0.4 is 0 Å². The molecule has 1 heterocycles. The minimum Gasteiger partial charge on any atom is -0.249 e. The van der Waals surface area contributed by atoms with Crippen molar-refractivity contribution < 1.29 is 0 Å². The number of nitrogens with zero attached hydrogens (tertiary/aromatic N) is 3. The van der Waals surface area contributed by atoms with E-state index in [1.807, 2.05) is 0 Å². The quantitative estimate of drug-likeness (QED) is 0.767. The SMILES string of the molecule is CCCc1c(CC(C)(C)C)nnn1CCC. The van der Waals surface area contributed by atoms with Crippen molar-refractivity contribution in [3.8, 4) is 0 Å². The summed E-state index contributed by atoms with van der Waals surface area (Å²) in [6.45, 7) is 12.1. The maximum Gasteiger partial charge on any atom is 0.0864 e. The van der Waals surface area contributed by atoms with Crippen LogP contribution in [0.4, 0.5) is 0 Å². The number of rotatable bonds is 5. The molecule has 0 saturated heterocycles. The zero-order valence-corrected chi connectivity index (χ0v) is 11.4. The molecular weight excluding hydrogens is 198 g/mol. The van der Waals surface area contributed by atoms with Crippen molar-refractivity contribution in [3.05, 3.63) is 11.4 Å². The van der Waals surface area contributed by atoms with Crippen LogP contribution in [0, 0.1) is 5.41 Å². The summed E-state index contributed by atoms with van der Waals surface area (Å²) in [5.41, 5.74) is 2.83. The van der Waals surface area contributed by atoms with E-state index in [9.17, 15) is 0 Å². The van der Waals surface area contributed by atoms with Crippen LogP contribution in [-0.2, 0) is 19.4 Å². The largest absolute Gasteiger partial charge is 0.249 e. The highest BCUT2D eigenvalue weighted by atomic mass is 15.4. The van der Waals surface area contributed by atoms with E-state index >= 15 is 0 Å². The van der Waals surface area contributed by atoms with E-state index in [1.165, 1.54) is 11.4 Å². The van der Waals surface area contributed by atoms with Gasteiger partial charge in [0, 0.05) is 6.54 Å². The Morgan fingerprint density at radius 3 is 2.31 bits per heavy atom. The summed E-state index contributed by atoms with van der Waals surface area (Å²) >= 11 is 0. The van der Waals surface area contributed by atoms with Crippen molar-refractivity contribution in [2.24, 2.45) is 5.41 Å². The molecule has 3 heteroatoms. The third kappa shape index (κ3) is 3.62. The average Bonchev–Trinajstić information content (AvgIpc) is 2.49. The van der Waals surface area contributed by atoms with E-state index in [2.05, 4.69) is 49.6 Å². The first kappa shape index (κ1) is 13.2. The molecule has 0 spiro atoms. The van der Waals surface area contributed by atoms with Crippen molar-refractivity contribution in [2.75, 3.05) is 0 Å². The molecule has 0 unspecified atom stereocenters. The Labute approximate surface area is 99.2 Å². The van der Waals surface area contributed by atoms with Gasteiger partial charge in [-0.05, 0) is 24.7 Å². The van der Waals surface area contributed by atoms with Gasteiger partial charge >= 0.3 is 0 Å². The molecule has 92 valence electrons. The van der Waals surface area contributed by atoms with Crippen molar-refractivity contribution >= 4 is 0 Å². The molecule has 0 radical (unpaired) electrons. The molecule has 0 fully saturated rings. The molecule has 1 aromatic heterocycles. The Balaban J connectivity index is 2.90. The summed E-state index contributed by atoms with van der Waals surface area (Å²) in [5.74, 6) is 0.